The van der Waals surface area contributed by atoms with Crippen LogP contribution in [0.15, 0.2) is 23.3 Å². The molecule has 1 unspecified atom stereocenters. The van der Waals surface area contributed by atoms with Crippen LogP contribution in [0.1, 0.15) is 27.7 Å². The zero-order chi connectivity index (χ0) is 10.4. The molecular formula is C10H16Cl2Zr. The third-order valence-corrected chi connectivity index (χ3v) is 2.22. The molecule has 3 heteroatoms. The van der Waals surface area contributed by atoms with Crippen molar-refractivity contribution in [2.75, 3.05) is 0 Å². The normalized spacial score (nSPS) is 20.4. The predicted molar refractivity (Wildman–Crippen MR) is 57.5 cm³/mol. The van der Waals surface area contributed by atoms with Gasteiger partial charge in [-0.3, -0.25) is 0 Å². The summed E-state index contributed by atoms with van der Waals surface area (Å²) in [4.78, 5) is 0. The molecule has 0 spiro atoms. The second-order valence-electron chi connectivity index (χ2n) is 3.57. The van der Waals surface area contributed by atoms with Crippen LogP contribution in [0.2, 0.25) is 0 Å². The van der Waals surface area contributed by atoms with Gasteiger partial charge in [-0.1, -0.05) is 38.5 Å². The van der Waals surface area contributed by atoms with E-state index >= 15 is 0 Å². The molecule has 0 aromatic carbocycles. The second-order valence-corrected chi connectivity index (χ2v) is 7.30. The average Bonchev–Trinajstić information content (AvgIpc) is 2.34. The summed E-state index contributed by atoms with van der Waals surface area (Å²) in [6, 6.07) is 0. The number of hydrogen-bond donors (Lipinski definition) is 0. The summed E-state index contributed by atoms with van der Waals surface area (Å²) in [5.74, 6) is 1.37. The quantitative estimate of drug-likeness (QED) is 0.666. The van der Waals surface area contributed by atoms with Crippen molar-refractivity contribution >= 4 is 17.0 Å². The Morgan fingerprint density at radius 3 is 2.00 bits per heavy atom. The first kappa shape index (κ1) is 13.9. The van der Waals surface area contributed by atoms with Gasteiger partial charge >= 0.3 is 37.9 Å². The summed E-state index contributed by atoms with van der Waals surface area (Å²) in [6.45, 7) is 8.94. The van der Waals surface area contributed by atoms with Gasteiger partial charge in [-0.2, -0.15) is 0 Å². The van der Waals surface area contributed by atoms with Gasteiger partial charge < -0.3 is 0 Å². The van der Waals surface area contributed by atoms with Gasteiger partial charge in [-0.25, -0.2) is 0 Å². The summed E-state index contributed by atoms with van der Waals surface area (Å²) in [5, 5.41) is 0. The van der Waals surface area contributed by atoms with Crippen LogP contribution in [0.5, 0.6) is 0 Å². The molecule has 1 rings (SSSR count). The van der Waals surface area contributed by atoms with Crippen molar-refractivity contribution < 1.29 is 20.8 Å². The fourth-order valence-electron chi connectivity index (χ4n) is 1.22. The number of hydrogen-bond acceptors (Lipinski definition) is 0. The van der Waals surface area contributed by atoms with Crippen molar-refractivity contribution in [2.24, 2.45) is 11.8 Å². The van der Waals surface area contributed by atoms with Crippen molar-refractivity contribution in [3.63, 3.8) is 0 Å². The zero-order valence-electron chi connectivity index (χ0n) is 8.57. The van der Waals surface area contributed by atoms with Gasteiger partial charge in [-0.15, -0.1) is 0 Å². The van der Waals surface area contributed by atoms with Crippen LogP contribution in [0.25, 0.3) is 0 Å². The molecule has 0 radical (unpaired) electrons. The molecule has 1 aliphatic carbocycles. The van der Waals surface area contributed by atoms with Gasteiger partial charge in [-0.05, 0) is 24.3 Å². The van der Waals surface area contributed by atoms with E-state index in [4.69, 9.17) is 17.0 Å². The van der Waals surface area contributed by atoms with Gasteiger partial charge in [0.15, 0.2) is 0 Å². The minimum atomic E-state index is -0.826. The number of rotatable bonds is 1. The summed E-state index contributed by atoms with van der Waals surface area (Å²) in [7, 11) is 9.87. The summed E-state index contributed by atoms with van der Waals surface area (Å²) >= 11 is -0.826. The molecule has 0 aromatic heterocycles. The minimum absolute atomic E-state index is 0.678. The van der Waals surface area contributed by atoms with E-state index in [0.29, 0.717) is 11.8 Å². The van der Waals surface area contributed by atoms with Crippen molar-refractivity contribution in [1.82, 2.24) is 0 Å². The van der Waals surface area contributed by atoms with Gasteiger partial charge in [0.05, 0.1) is 0 Å². The Morgan fingerprint density at radius 2 is 1.85 bits per heavy atom. The first-order chi connectivity index (χ1) is 6.02. The van der Waals surface area contributed by atoms with Crippen molar-refractivity contribution in [2.45, 2.75) is 27.7 Å². The van der Waals surface area contributed by atoms with E-state index < -0.39 is 20.8 Å². The van der Waals surface area contributed by atoms with E-state index in [0.717, 1.165) is 0 Å². The average molecular weight is 298 g/mol. The number of halogens is 2. The topological polar surface area (TPSA) is 0 Å². The van der Waals surface area contributed by atoms with Gasteiger partial charge in [0.2, 0.25) is 0 Å². The van der Waals surface area contributed by atoms with Gasteiger partial charge in [0.1, 0.15) is 0 Å². The van der Waals surface area contributed by atoms with Gasteiger partial charge in [0.25, 0.3) is 0 Å². The van der Waals surface area contributed by atoms with E-state index in [2.05, 4.69) is 39.8 Å². The molecule has 0 heterocycles. The zero-order valence-corrected chi connectivity index (χ0v) is 12.5. The standard InChI is InChI=1S/C10H16.2ClH.Zr/c1-7(2)10-5-8(3)9(4)6-10;;;/h5-8H,1-4H3;2*1H;/q;;;+2/p-2. The predicted octanol–water partition coefficient (Wildman–Crippen LogP) is 4.54. The van der Waals surface area contributed by atoms with Crippen molar-refractivity contribution in [3.05, 3.63) is 23.3 Å². The van der Waals surface area contributed by atoms with Crippen LogP contribution in [0.3, 0.4) is 0 Å². The van der Waals surface area contributed by atoms with E-state index in [1.54, 1.807) is 0 Å². The molecule has 1 atom stereocenters. The first-order valence-electron chi connectivity index (χ1n) is 4.39. The Hall–Kier alpha value is 0.943. The van der Waals surface area contributed by atoms with Crippen molar-refractivity contribution in [1.29, 1.82) is 0 Å². The van der Waals surface area contributed by atoms with Crippen LogP contribution in [0.4, 0.5) is 0 Å². The number of allylic oxidation sites excluding steroid dienone is 4. The molecule has 0 saturated heterocycles. The molecule has 0 fully saturated rings. The fourth-order valence-corrected chi connectivity index (χ4v) is 1.22. The van der Waals surface area contributed by atoms with Crippen LogP contribution in [0, 0.1) is 11.8 Å². The van der Waals surface area contributed by atoms with Gasteiger partial charge in [0, 0.05) is 0 Å². The molecule has 13 heavy (non-hydrogen) atoms. The van der Waals surface area contributed by atoms with Crippen LogP contribution in [-0.2, 0) is 20.8 Å². The summed E-state index contributed by atoms with van der Waals surface area (Å²) in [5.41, 5.74) is 3.01. The van der Waals surface area contributed by atoms with E-state index in [1.165, 1.54) is 11.1 Å². The Bertz CT molecular complexity index is 207. The van der Waals surface area contributed by atoms with E-state index in [-0.39, 0.29) is 0 Å². The maximum atomic E-state index is 4.93. The van der Waals surface area contributed by atoms with Crippen LogP contribution >= 0.6 is 17.0 Å². The van der Waals surface area contributed by atoms with E-state index in [9.17, 15) is 0 Å². The van der Waals surface area contributed by atoms with Crippen molar-refractivity contribution in [3.8, 4) is 0 Å². The first-order valence-corrected chi connectivity index (χ1v) is 10.7. The molecule has 0 aromatic rings. The third kappa shape index (κ3) is 5.40. The fraction of sp³-hybridized carbons (Fsp3) is 0.600. The Labute approximate surface area is 100 Å². The second kappa shape index (κ2) is 7.26. The summed E-state index contributed by atoms with van der Waals surface area (Å²) < 4.78 is 0. The monoisotopic (exact) mass is 296 g/mol. The maximum absolute atomic E-state index is 4.93. The van der Waals surface area contributed by atoms with E-state index in [1.807, 2.05) is 0 Å². The summed E-state index contributed by atoms with van der Waals surface area (Å²) in [6.07, 6.45) is 4.68. The Morgan fingerprint density at radius 1 is 1.38 bits per heavy atom. The molecule has 0 N–H and O–H groups in total. The molecular weight excluding hydrogens is 282 g/mol. The van der Waals surface area contributed by atoms with Crippen LogP contribution in [-0.4, -0.2) is 0 Å². The molecule has 1 aliphatic rings. The Kier molecular flexibility index (Phi) is 7.79. The molecule has 0 aliphatic heterocycles. The SMILES string of the molecule is CC1=CC(C(C)C)=CC1C.[Cl][Zr][Cl]. The Balaban J connectivity index is 0.000000424. The van der Waals surface area contributed by atoms with Crippen LogP contribution < -0.4 is 0 Å². The molecule has 0 bridgehead atoms. The third-order valence-electron chi connectivity index (χ3n) is 2.22. The molecule has 0 nitrogen and oxygen atoms in total. The molecule has 0 amide bonds. The molecule has 74 valence electrons. The molecule has 0 saturated carbocycles.